The van der Waals surface area contributed by atoms with Crippen molar-refractivity contribution < 1.29 is 9.53 Å². The fraction of sp³-hybridized carbons (Fsp3) is 0.750. The second-order valence-corrected chi connectivity index (χ2v) is 4.57. The van der Waals surface area contributed by atoms with E-state index in [9.17, 15) is 4.79 Å². The molecule has 0 unspecified atom stereocenters. The van der Waals surface area contributed by atoms with E-state index in [0.717, 1.165) is 19.1 Å². The number of carbonyl (C=O) groups is 1. The molecule has 2 heteroatoms. The molecule has 14 heavy (non-hydrogen) atoms. The van der Waals surface area contributed by atoms with E-state index in [4.69, 9.17) is 4.74 Å². The zero-order valence-corrected chi connectivity index (χ0v) is 9.38. The Morgan fingerprint density at radius 1 is 1.64 bits per heavy atom. The minimum Gasteiger partial charge on any atom is -0.374 e. The molecule has 0 fully saturated rings. The first-order valence-corrected chi connectivity index (χ1v) is 5.27. The molecule has 0 aliphatic heterocycles. The third kappa shape index (κ3) is 2.44. The van der Waals surface area contributed by atoms with Crippen LogP contribution >= 0.6 is 0 Å². The van der Waals surface area contributed by atoms with E-state index in [2.05, 4.69) is 26.8 Å². The van der Waals surface area contributed by atoms with Crippen LogP contribution in [0, 0.1) is 11.3 Å². The first-order chi connectivity index (χ1) is 6.59. The van der Waals surface area contributed by atoms with Gasteiger partial charge in [0.2, 0.25) is 0 Å². The van der Waals surface area contributed by atoms with Crippen LogP contribution in [0.3, 0.4) is 0 Å². The third-order valence-electron chi connectivity index (χ3n) is 3.54. The van der Waals surface area contributed by atoms with Crippen LogP contribution in [0.5, 0.6) is 0 Å². The van der Waals surface area contributed by atoms with Crippen LogP contribution in [0.4, 0.5) is 0 Å². The summed E-state index contributed by atoms with van der Waals surface area (Å²) in [5.41, 5.74) is 1.79. The Morgan fingerprint density at radius 2 is 2.36 bits per heavy atom. The highest BCUT2D eigenvalue weighted by Crippen LogP contribution is 2.44. The SMILES string of the molecule is CC1=CC[C@@H](CCOCC=O)C1(C)C. The molecule has 1 aliphatic carbocycles. The molecule has 1 aliphatic rings. The number of ether oxygens (including phenoxy) is 1. The Morgan fingerprint density at radius 3 is 2.86 bits per heavy atom. The summed E-state index contributed by atoms with van der Waals surface area (Å²) in [6, 6.07) is 0. The molecule has 2 nitrogen and oxygen atoms in total. The molecule has 0 saturated carbocycles. The van der Waals surface area contributed by atoms with Crippen molar-refractivity contribution in [3.63, 3.8) is 0 Å². The average Bonchev–Trinajstić information content (AvgIpc) is 2.38. The minimum absolute atomic E-state index is 0.236. The van der Waals surface area contributed by atoms with Gasteiger partial charge in [0, 0.05) is 6.61 Å². The van der Waals surface area contributed by atoms with E-state index in [0.29, 0.717) is 17.9 Å². The maximum absolute atomic E-state index is 10.0. The Hall–Kier alpha value is -0.630. The summed E-state index contributed by atoms with van der Waals surface area (Å²) in [5, 5.41) is 0. The van der Waals surface area contributed by atoms with Crippen molar-refractivity contribution >= 4 is 6.29 Å². The predicted octanol–water partition coefficient (Wildman–Crippen LogP) is 2.58. The van der Waals surface area contributed by atoms with Crippen LogP contribution in [-0.4, -0.2) is 19.5 Å². The molecule has 0 aromatic carbocycles. The summed E-state index contributed by atoms with van der Waals surface area (Å²) in [7, 11) is 0. The highest BCUT2D eigenvalue weighted by Gasteiger charge is 2.34. The van der Waals surface area contributed by atoms with Crippen LogP contribution in [0.2, 0.25) is 0 Å². The molecule has 0 N–H and O–H groups in total. The van der Waals surface area contributed by atoms with E-state index in [1.165, 1.54) is 5.57 Å². The van der Waals surface area contributed by atoms with E-state index in [1.54, 1.807) is 0 Å². The minimum atomic E-state index is 0.236. The molecular weight excluding hydrogens is 176 g/mol. The molecule has 1 atom stereocenters. The molecule has 0 heterocycles. The lowest BCUT2D eigenvalue weighted by Gasteiger charge is -2.29. The third-order valence-corrected chi connectivity index (χ3v) is 3.54. The van der Waals surface area contributed by atoms with E-state index >= 15 is 0 Å². The summed E-state index contributed by atoms with van der Waals surface area (Å²) >= 11 is 0. The molecule has 0 spiro atoms. The van der Waals surface area contributed by atoms with E-state index in [-0.39, 0.29) is 6.61 Å². The Balaban J connectivity index is 2.30. The van der Waals surface area contributed by atoms with Crippen molar-refractivity contribution in [1.82, 2.24) is 0 Å². The average molecular weight is 196 g/mol. The summed E-state index contributed by atoms with van der Waals surface area (Å²) < 4.78 is 5.18. The molecule has 80 valence electrons. The maximum Gasteiger partial charge on any atom is 0.145 e. The fourth-order valence-electron chi connectivity index (χ4n) is 2.03. The van der Waals surface area contributed by atoms with Crippen LogP contribution in [0.1, 0.15) is 33.6 Å². The van der Waals surface area contributed by atoms with Gasteiger partial charge in [-0.1, -0.05) is 25.5 Å². The van der Waals surface area contributed by atoms with Gasteiger partial charge in [0.25, 0.3) is 0 Å². The van der Waals surface area contributed by atoms with Crippen LogP contribution in [0.25, 0.3) is 0 Å². The van der Waals surface area contributed by atoms with Gasteiger partial charge >= 0.3 is 0 Å². The number of allylic oxidation sites excluding steroid dienone is 2. The Labute approximate surface area is 86.3 Å². The first kappa shape index (κ1) is 11.4. The Kier molecular flexibility index (Phi) is 3.87. The largest absolute Gasteiger partial charge is 0.374 e. The normalized spacial score (nSPS) is 24.8. The molecule has 0 radical (unpaired) electrons. The topological polar surface area (TPSA) is 26.3 Å². The highest BCUT2D eigenvalue weighted by molar-refractivity contribution is 5.50. The van der Waals surface area contributed by atoms with Gasteiger partial charge in [0.15, 0.2) is 0 Å². The van der Waals surface area contributed by atoms with Crippen LogP contribution in [-0.2, 0) is 9.53 Å². The first-order valence-electron chi connectivity index (χ1n) is 5.27. The standard InChI is InChI=1S/C12H20O2/c1-10-4-5-11(12(10,2)3)6-8-14-9-7-13/h4,7,11H,5-6,8-9H2,1-3H3/t11-/m0/s1. The lowest BCUT2D eigenvalue weighted by atomic mass is 9.76. The van der Waals surface area contributed by atoms with Gasteiger partial charge in [-0.3, -0.25) is 0 Å². The number of hydrogen-bond acceptors (Lipinski definition) is 2. The van der Waals surface area contributed by atoms with E-state index < -0.39 is 0 Å². The van der Waals surface area contributed by atoms with Gasteiger partial charge in [0.1, 0.15) is 12.9 Å². The zero-order chi connectivity index (χ0) is 10.6. The van der Waals surface area contributed by atoms with Gasteiger partial charge < -0.3 is 9.53 Å². The van der Waals surface area contributed by atoms with E-state index in [1.807, 2.05) is 0 Å². The zero-order valence-electron chi connectivity index (χ0n) is 9.38. The molecule has 1 rings (SSSR count). The van der Waals surface area contributed by atoms with Crippen molar-refractivity contribution in [3.8, 4) is 0 Å². The lowest BCUT2D eigenvalue weighted by Crippen LogP contribution is -2.21. The monoisotopic (exact) mass is 196 g/mol. The molecule has 0 bridgehead atoms. The van der Waals surface area contributed by atoms with Gasteiger partial charge in [0.05, 0.1) is 0 Å². The fourth-order valence-corrected chi connectivity index (χ4v) is 2.03. The summed E-state index contributed by atoms with van der Waals surface area (Å²) in [4.78, 5) is 10.0. The summed E-state index contributed by atoms with van der Waals surface area (Å²) in [5.74, 6) is 0.675. The van der Waals surface area contributed by atoms with Gasteiger partial charge in [-0.25, -0.2) is 0 Å². The van der Waals surface area contributed by atoms with Crippen molar-refractivity contribution in [1.29, 1.82) is 0 Å². The molecule has 0 aromatic heterocycles. The van der Waals surface area contributed by atoms with Crippen LogP contribution in [0.15, 0.2) is 11.6 Å². The summed E-state index contributed by atoms with van der Waals surface area (Å²) in [6.07, 6.45) is 5.34. The van der Waals surface area contributed by atoms with Gasteiger partial charge in [-0.15, -0.1) is 0 Å². The van der Waals surface area contributed by atoms with Crippen molar-refractivity contribution in [2.24, 2.45) is 11.3 Å². The number of carbonyl (C=O) groups excluding carboxylic acids is 1. The van der Waals surface area contributed by atoms with Crippen molar-refractivity contribution in [2.75, 3.05) is 13.2 Å². The smallest absolute Gasteiger partial charge is 0.145 e. The van der Waals surface area contributed by atoms with Crippen LogP contribution < -0.4 is 0 Å². The van der Waals surface area contributed by atoms with Gasteiger partial charge in [-0.2, -0.15) is 0 Å². The second-order valence-electron chi connectivity index (χ2n) is 4.57. The predicted molar refractivity (Wildman–Crippen MR) is 57.1 cm³/mol. The Bertz CT molecular complexity index is 228. The molecular formula is C12H20O2. The maximum atomic E-state index is 10.0. The molecule has 0 aromatic rings. The lowest BCUT2D eigenvalue weighted by molar-refractivity contribution is -0.112. The summed E-state index contributed by atoms with van der Waals surface area (Å²) in [6.45, 7) is 7.71. The highest BCUT2D eigenvalue weighted by atomic mass is 16.5. The number of rotatable bonds is 5. The van der Waals surface area contributed by atoms with Gasteiger partial charge in [-0.05, 0) is 31.1 Å². The molecule has 0 saturated heterocycles. The van der Waals surface area contributed by atoms with Crippen molar-refractivity contribution in [3.05, 3.63) is 11.6 Å². The second kappa shape index (κ2) is 4.74. The van der Waals surface area contributed by atoms with Crippen molar-refractivity contribution in [2.45, 2.75) is 33.6 Å². The molecule has 0 amide bonds. The quantitative estimate of drug-likeness (QED) is 0.384. The number of aldehydes is 1. The number of hydrogen-bond donors (Lipinski definition) is 0.